The summed E-state index contributed by atoms with van der Waals surface area (Å²) in [6.45, 7) is 5.38. The number of nitrogens with two attached hydrogens (primary N) is 3. The highest BCUT2D eigenvalue weighted by Gasteiger charge is 2.24. The molecule has 8 N–H and O–H groups in total. The van der Waals surface area contributed by atoms with Crippen LogP contribution in [0, 0.1) is 0 Å². The van der Waals surface area contributed by atoms with Crippen LogP contribution in [0.5, 0.6) is 0 Å². The molecule has 0 saturated heterocycles. The molecule has 198 valence electrons. The summed E-state index contributed by atoms with van der Waals surface area (Å²) in [6, 6.07) is 6.18. The summed E-state index contributed by atoms with van der Waals surface area (Å²) in [4.78, 5) is 49.1. The number of nitrogens with one attached hydrogen (secondary N) is 2. The number of nitrogen functional groups attached to an aromatic ring is 2. The van der Waals surface area contributed by atoms with Crippen LogP contribution < -0.4 is 27.8 Å². The van der Waals surface area contributed by atoms with E-state index in [2.05, 4.69) is 25.6 Å². The molecule has 0 aliphatic heterocycles. The number of nitrogens with zero attached hydrogens (tertiary/aromatic N) is 3. The number of hydrogen-bond acceptors (Lipinski definition) is 9. The predicted octanol–water partition coefficient (Wildman–Crippen LogP) is 2.04. The molecule has 0 bridgehead atoms. The number of amides is 2. The Morgan fingerprint density at radius 1 is 0.973 bits per heavy atom. The molecule has 1 fully saturated rings. The highest BCUT2D eigenvalue weighted by Crippen LogP contribution is 2.22. The maximum absolute atomic E-state index is 12.6. The van der Waals surface area contributed by atoms with Crippen molar-refractivity contribution >= 4 is 47.0 Å². The highest BCUT2D eigenvalue weighted by atomic mass is 35.5. The molecule has 2 aromatic rings. The molecule has 37 heavy (non-hydrogen) atoms. The molecular weight excluding hydrogens is 500 g/mol. The minimum Gasteiger partial charge on any atom is -0.456 e. The molecule has 13 heteroatoms. The van der Waals surface area contributed by atoms with Crippen molar-refractivity contribution < 1.29 is 19.1 Å². The third-order valence-corrected chi connectivity index (χ3v) is 5.77. The summed E-state index contributed by atoms with van der Waals surface area (Å²) in [7, 11) is 0. The lowest BCUT2D eigenvalue weighted by molar-refractivity contribution is 0.00691. The van der Waals surface area contributed by atoms with E-state index in [4.69, 9.17) is 33.5 Å². The molecule has 0 unspecified atom stereocenters. The van der Waals surface area contributed by atoms with E-state index >= 15 is 0 Å². The van der Waals surface area contributed by atoms with Crippen molar-refractivity contribution in [1.82, 2.24) is 20.6 Å². The lowest BCUT2D eigenvalue weighted by Crippen LogP contribution is -2.41. The summed E-state index contributed by atoms with van der Waals surface area (Å²) >= 11 is 5.81. The van der Waals surface area contributed by atoms with Crippen molar-refractivity contribution in [2.75, 3.05) is 11.5 Å². The van der Waals surface area contributed by atoms with Crippen molar-refractivity contribution in [1.29, 1.82) is 0 Å². The Kier molecular flexibility index (Phi) is 8.53. The van der Waals surface area contributed by atoms with Crippen molar-refractivity contribution in [3.05, 3.63) is 46.2 Å². The number of benzene rings is 1. The first-order valence-corrected chi connectivity index (χ1v) is 12.1. The second kappa shape index (κ2) is 11.4. The fraction of sp³-hybridized carbons (Fsp3) is 0.417. The van der Waals surface area contributed by atoms with E-state index < -0.39 is 17.5 Å². The monoisotopic (exact) mass is 530 g/mol. The zero-order valence-electron chi connectivity index (χ0n) is 20.9. The molecule has 1 aliphatic carbocycles. The number of hydrogen-bond donors (Lipinski definition) is 5. The first-order chi connectivity index (χ1) is 17.3. The van der Waals surface area contributed by atoms with Gasteiger partial charge in [0.15, 0.2) is 28.4 Å². The van der Waals surface area contributed by atoms with Crippen LogP contribution in [0.15, 0.2) is 29.3 Å². The Labute approximate surface area is 219 Å². The summed E-state index contributed by atoms with van der Waals surface area (Å²) in [5.41, 5.74) is 17.1. The summed E-state index contributed by atoms with van der Waals surface area (Å²) < 4.78 is 5.34. The molecule has 0 spiro atoms. The van der Waals surface area contributed by atoms with Crippen molar-refractivity contribution in [3.8, 4) is 0 Å². The Morgan fingerprint density at radius 2 is 1.57 bits per heavy atom. The highest BCUT2D eigenvalue weighted by molar-refractivity contribution is 6.31. The molecule has 1 aromatic carbocycles. The topological polar surface area (TPSA) is 201 Å². The summed E-state index contributed by atoms with van der Waals surface area (Å²) in [5, 5.41) is 5.29. The number of ether oxygens (including phenoxy) is 1. The molecule has 2 amide bonds. The number of esters is 1. The van der Waals surface area contributed by atoms with Gasteiger partial charge in [0.25, 0.3) is 11.8 Å². The van der Waals surface area contributed by atoms with E-state index in [-0.39, 0.29) is 46.4 Å². The first-order valence-electron chi connectivity index (χ1n) is 11.7. The molecule has 0 radical (unpaired) electrons. The second-order valence-corrected chi connectivity index (χ2v) is 10.0. The second-order valence-electron chi connectivity index (χ2n) is 9.66. The van der Waals surface area contributed by atoms with Gasteiger partial charge in [0.1, 0.15) is 5.60 Å². The molecule has 1 aromatic heterocycles. The van der Waals surface area contributed by atoms with Crippen LogP contribution in [0.25, 0.3) is 0 Å². The maximum Gasteiger partial charge on any atom is 0.338 e. The van der Waals surface area contributed by atoms with Crippen LogP contribution in [-0.4, -0.2) is 51.4 Å². The van der Waals surface area contributed by atoms with Crippen LogP contribution >= 0.6 is 11.6 Å². The fourth-order valence-corrected chi connectivity index (χ4v) is 3.85. The minimum atomic E-state index is -0.702. The average Bonchev–Trinajstić information content (AvgIpc) is 2.81. The van der Waals surface area contributed by atoms with Gasteiger partial charge in [0.2, 0.25) is 0 Å². The van der Waals surface area contributed by atoms with Gasteiger partial charge >= 0.3 is 5.97 Å². The number of guanidine groups is 1. The number of aromatic nitrogens is 2. The molecule has 1 aliphatic rings. The van der Waals surface area contributed by atoms with Crippen LogP contribution in [0.2, 0.25) is 5.15 Å². The van der Waals surface area contributed by atoms with Gasteiger partial charge in [-0.05, 0) is 70.7 Å². The standard InChI is InChI=1S/C24H31ClN8O4/c1-24(2,3)37-22(36)13-6-4-12(5-7-13)20(34)29-14-8-10-15(11-9-14)30-23(28)33-21(35)16-18(26)32-19(27)17(25)31-16/h4-7,14-15H,8-11H2,1-3H3,(H,29,34)(H4,26,27,32)(H3,28,30,33,35). The van der Waals surface area contributed by atoms with Crippen molar-refractivity contribution in [2.45, 2.75) is 64.1 Å². The quantitative estimate of drug-likeness (QED) is 0.218. The third-order valence-electron chi connectivity index (χ3n) is 5.50. The van der Waals surface area contributed by atoms with Gasteiger partial charge in [0.05, 0.1) is 11.6 Å². The third kappa shape index (κ3) is 7.78. The van der Waals surface area contributed by atoms with Gasteiger partial charge in [-0.15, -0.1) is 0 Å². The zero-order chi connectivity index (χ0) is 27.3. The molecule has 1 heterocycles. The van der Waals surface area contributed by atoms with Crippen LogP contribution in [0.3, 0.4) is 0 Å². The van der Waals surface area contributed by atoms with Crippen LogP contribution in [0.4, 0.5) is 11.6 Å². The smallest absolute Gasteiger partial charge is 0.338 e. The zero-order valence-corrected chi connectivity index (χ0v) is 21.6. The molecule has 1 saturated carbocycles. The van der Waals surface area contributed by atoms with Crippen LogP contribution in [0.1, 0.15) is 77.7 Å². The molecule has 3 rings (SSSR count). The van der Waals surface area contributed by atoms with Gasteiger partial charge in [-0.2, -0.15) is 0 Å². The molecule has 12 nitrogen and oxygen atoms in total. The van der Waals surface area contributed by atoms with Crippen LogP contribution in [-0.2, 0) is 4.74 Å². The normalized spacial score (nSPS) is 18.1. The number of carbonyl (C=O) groups excluding carboxylic acids is 3. The number of aliphatic imine (C=N–C) groups is 1. The average molecular weight is 531 g/mol. The predicted molar refractivity (Wildman–Crippen MR) is 140 cm³/mol. The summed E-state index contributed by atoms with van der Waals surface area (Å²) in [6.07, 6.45) is 2.69. The van der Waals surface area contributed by atoms with Crippen molar-refractivity contribution in [3.63, 3.8) is 0 Å². The van der Waals surface area contributed by atoms with E-state index in [1.54, 1.807) is 45.0 Å². The molecule has 0 atom stereocenters. The summed E-state index contributed by atoms with van der Waals surface area (Å²) in [5.74, 6) is -1.72. The number of halogens is 1. The molecular formula is C24H31ClN8O4. The lowest BCUT2D eigenvalue weighted by atomic mass is 9.91. The van der Waals surface area contributed by atoms with Gasteiger partial charge in [-0.1, -0.05) is 11.6 Å². The lowest BCUT2D eigenvalue weighted by Gasteiger charge is -2.27. The Hall–Kier alpha value is -3.93. The number of rotatable bonds is 5. The Morgan fingerprint density at radius 3 is 2.16 bits per heavy atom. The van der Waals surface area contributed by atoms with E-state index in [1.807, 2.05) is 0 Å². The number of anilines is 2. The van der Waals surface area contributed by atoms with Gasteiger partial charge in [0, 0.05) is 11.6 Å². The van der Waals surface area contributed by atoms with Gasteiger partial charge < -0.3 is 27.3 Å². The Bertz CT molecular complexity index is 1200. The maximum atomic E-state index is 12.6. The first kappa shape index (κ1) is 27.7. The SMILES string of the molecule is CC(C)(C)OC(=O)c1ccc(C(=O)NC2CCC(N=C(N)NC(=O)c3nc(Cl)c(N)nc3N)CC2)cc1. The van der Waals surface area contributed by atoms with E-state index in [0.29, 0.717) is 36.8 Å². The van der Waals surface area contributed by atoms with Crippen molar-refractivity contribution in [2.24, 2.45) is 10.7 Å². The Balaban J connectivity index is 1.49. The minimum absolute atomic E-state index is 0.0349. The fourth-order valence-electron chi connectivity index (χ4n) is 3.73. The van der Waals surface area contributed by atoms with E-state index in [1.165, 1.54) is 0 Å². The van der Waals surface area contributed by atoms with Gasteiger partial charge in [-0.25, -0.2) is 19.8 Å². The van der Waals surface area contributed by atoms with E-state index in [9.17, 15) is 14.4 Å². The number of carbonyl (C=O) groups is 3. The van der Waals surface area contributed by atoms with E-state index in [0.717, 1.165) is 0 Å². The van der Waals surface area contributed by atoms with Gasteiger partial charge in [-0.3, -0.25) is 14.9 Å². The largest absolute Gasteiger partial charge is 0.456 e.